The molecule has 0 unspecified atom stereocenters. The van der Waals surface area contributed by atoms with Gasteiger partial charge in [0.05, 0.1) is 19.4 Å². The van der Waals surface area contributed by atoms with E-state index < -0.39 is 0 Å². The lowest BCUT2D eigenvalue weighted by Gasteiger charge is -2.13. The van der Waals surface area contributed by atoms with Crippen molar-refractivity contribution in [2.45, 2.75) is 26.7 Å². The Kier molecular flexibility index (Phi) is 7.60. The van der Waals surface area contributed by atoms with E-state index in [1.807, 2.05) is 19.1 Å². The largest absolute Gasteiger partial charge is 0.490 e. The zero-order chi connectivity index (χ0) is 15.7. The van der Waals surface area contributed by atoms with Crippen molar-refractivity contribution in [1.29, 1.82) is 0 Å². The molecule has 6 nitrogen and oxygen atoms in total. The Labute approximate surface area is 133 Å². The van der Waals surface area contributed by atoms with Crippen LogP contribution in [0.2, 0.25) is 0 Å². The minimum absolute atomic E-state index is 0.0908. The summed E-state index contributed by atoms with van der Waals surface area (Å²) in [4.78, 5) is 0. The first-order valence-corrected chi connectivity index (χ1v) is 7.58. The fourth-order valence-corrected chi connectivity index (χ4v) is 1.94. The number of nitrogens with zero attached hydrogens (tertiary/aromatic N) is 2. The molecule has 7 heteroatoms. The third-order valence-corrected chi connectivity index (χ3v) is 3.18. The van der Waals surface area contributed by atoms with E-state index in [9.17, 15) is 0 Å². The fraction of sp³-hybridized carbons (Fsp3) is 0.429. The van der Waals surface area contributed by atoms with Crippen molar-refractivity contribution in [3.63, 3.8) is 0 Å². The maximum Gasteiger partial charge on any atom is 0.211 e. The Hall–Kier alpha value is -1.76. The molecular weight excluding hydrogens is 336 g/mol. The normalized spacial score (nSPS) is 10.6. The van der Waals surface area contributed by atoms with Crippen molar-refractivity contribution in [1.82, 2.24) is 0 Å². The Morgan fingerprint density at radius 1 is 1.24 bits per heavy atom. The van der Waals surface area contributed by atoms with Crippen molar-refractivity contribution in [2.24, 2.45) is 21.7 Å². The van der Waals surface area contributed by atoms with E-state index in [-0.39, 0.29) is 5.96 Å². The number of hydrogen-bond donors (Lipinski definition) is 2. The monoisotopic (exact) mass is 356 g/mol. The molecule has 0 fully saturated rings. The average Bonchev–Trinajstić information content (AvgIpc) is 2.43. The molecule has 0 aromatic heterocycles. The van der Waals surface area contributed by atoms with Crippen LogP contribution in [-0.2, 0) is 0 Å². The summed E-state index contributed by atoms with van der Waals surface area (Å²) in [5.41, 5.74) is 11.2. The quantitative estimate of drug-likeness (QED) is 0.324. The maximum atomic E-state index is 5.74. The molecule has 0 aliphatic heterocycles. The van der Waals surface area contributed by atoms with Gasteiger partial charge in [0.1, 0.15) is 0 Å². The molecule has 1 aromatic rings. The number of guanidine groups is 1. The van der Waals surface area contributed by atoms with Crippen LogP contribution in [0, 0.1) is 0 Å². The third kappa shape index (κ3) is 6.03. The molecule has 4 N–H and O–H groups in total. The van der Waals surface area contributed by atoms with Gasteiger partial charge in [-0.3, -0.25) is 0 Å². The number of ether oxygens (including phenoxy) is 2. The summed E-state index contributed by atoms with van der Waals surface area (Å²) in [6.07, 6.45) is 3.62. The standard InChI is InChI=1S/C14H21BrN4O2/c1-3-5-6-21-13-8-11(15)10(7-12(13)20-4-2)9-18-19-14(16)17/h7-9H,3-6H2,1-2H3,(H4,16,17,19). The lowest BCUT2D eigenvalue weighted by atomic mass is 10.2. The van der Waals surface area contributed by atoms with Gasteiger partial charge >= 0.3 is 0 Å². The molecule has 116 valence electrons. The number of rotatable bonds is 8. The van der Waals surface area contributed by atoms with Crippen LogP contribution in [0.3, 0.4) is 0 Å². The molecule has 0 aliphatic carbocycles. The van der Waals surface area contributed by atoms with E-state index in [0.717, 1.165) is 22.9 Å². The number of nitrogens with two attached hydrogens (primary N) is 2. The SMILES string of the molecule is CCCCOc1cc(Br)c(C=NN=C(N)N)cc1OCC. The number of halogens is 1. The average molecular weight is 357 g/mol. The Bertz CT molecular complexity index is 514. The van der Waals surface area contributed by atoms with E-state index in [2.05, 4.69) is 33.1 Å². The van der Waals surface area contributed by atoms with Gasteiger partial charge < -0.3 is 20.9 Å². The molecule has 0 saturated carbocycles. The number of benzene rings is 1. The van der Waals surface area contributed by atoms with Crippen LogP contribution in [0.15, 0.2) is 26.8 Å². The molecular formula is C14H21BrN4O2. The first-order chi connectivity index (χ1) is 10.1. The molecule has 1 rings (SSSR count). The summed E-state index contributed by atoms with van der Waals surface area (Å²) in [7, 11) is 0. The fourth-order valence-electron chi connectivity index (χ4n) is 1.52. The van der Waals surface area contributed by atoms with Gasteiger partial charge in [-0.05, 0) is 41.4 Å². The molecule has 0 spiro atoms. The van der Waals surface area contributed by atoms with Gasteiger partial charge in [-0.1, -0.05) is 13.3 Å². The van der Waals surface area contributed by atoms with Crippen LogP contribution in [0.4, 0.5) is 0 Å². The Morgan fingerprint density at radius 2 is 1.95 bits per heavy atom. The van der Waals surface area contributed by atoms with Crippen LogP contribution in [0.25, 0.3) is 0 Å². The van der Waals surface area contributed by atoms with Crippen molar-refractivity contribution in [3.8, 4) is 11.5 Å². The first-order valence-electron chi connectivity index (χ1n) is 6.79. The van der Waals surface area contributed by atoms with Crippen LogP contribution in [-0.4, -0.2) is 25.4 Å². The van der Waals surface area contributed by atoms with E-state index >= 15 is 0 Å². The summed E-state index contributed by atoms with van der Waals surface area (Å²) in [5, 5.41) is 7.36. The van der Waals surface area contributed by atoms with Crippen molar-refractivity contribution >= 4 is 28.1 Å². The molecule has 0 bridgehead atoms. The molecule has 0 atom stereocenters. The Morgan fingerprint density at radius 3 is 2.57 bits per heavy atom. The predicted octanol–water partition coefficient (Wildman–Crippen LogP) is 2.63. The molecule has 0 aliphatic rings. The topological polar surface area (TPSA) is 95.2 Å². The number of unbranched alkanes of at least 4 members (excludes halogenated alkanes) is 1. The first kappa shape index (κ1) is 17.3. The minimum Gasteiger partial charge on any atom is -0.490 e. The highest BCUT2D eigenvalue weighted by molar-refractivity contribution is 9.10. The highest BCUT2D eigenvalue weighted by Crippen LogP contribution is 2.33. The second-order valence-electron chi connectivity index (χ2n) is 4.22. The predicted molar refractivity (Wildman–Crippen MR) is 89.1 cm³/mol. The van der Waals surface area contributed by atoms with Crippen LogP contribution < -0.4 is 20.9 Å². The molecule has 0 heterocycles. The van der Waals surface area contributed by atoms with Gasteiger partial charge in [-0.15, -0.1) is 5.10 Å². The summed E-state index contributed by atoms with van der Waals surface area (Å²) >= 11 is 3.47. The second-order valence-corrected chi connectivity index (χ2v) is 5.08. The van der Waals surface area contributed by atoms with Crippen LogP contribution in [0.5, 0.6) is 11.5 Å². The van der Waals surface area contributed by atoms with Crippen LogP contribution in [0.1, 0.15) is 32.3 Å². The zero-order valence-corrected chi connectivity index (χ0v) is 13.9. The molecule has 0 radical (unpaired) electrons. The van der Waals surface area contributed by atoms with Crippen molar-refractivity contribution < 1.29 is 9.47 Å². The van der Waals surface area contributed by atoms with Gasteiger partial charge in [0, 0.05) is 10.0 Å². The van der Waals surface area contributed by atoms with Crippen LogP contribution >= 0.6 is 15.9 Å². The lowest BCUT2D eigenvalue weighted by molar-refractivity contribution is 0.272. The molecule has 0 amide bonds. The number of hydrogen-bond acceptors (Lipinski definition) is 4. The van der Waals surface area contributed by atoms with Gasteiger partial charge in [0.15, 0.2) is 11.5 Å². The summed E-state index contributed by atoms with van der Waals surface area (Å²) in [6.45, 7) is 5.25. The van der Waals surface area contributed by atoms with Crippen molar-refractivity contribution in [3.05, 3.63) is 22.2 Å². The van der Waals surface area contributed by atoms with E-state index in [1.54, 1.807) is 6.21 Å². The third-order valence-electron chi connectivity index (χ3n) is 2.49. The molecule has 1 aromatic carbocycles. The van der Waals surface area contributed by atoms with Gasteiger partial charge in [0.2, 0.25) is 5.96 Å². The maximum absolute atomic E-state index is 5.74. The highest BCUT2D eigenvalue weighted by Gasteiger charge is 2.10. The molecule has 21 heavy (non-hydrogen) atoms. The van der Waals surface area contributed by atoms with Gasteiger partial charge in [-0.25, -0.2) is 0 Å². The van der Waals surface area contributed by atoms with Crippen molar-refractivity contribution in [2.75, 3.05) is 13.2 Å². The minimum atomic E-state index is -0.0908. The van der Waals surface area contributed by atoms with E-state index in [0.29, 0.717) is 24.7 Å². The zero-order valence-electron chi connectivity index (χ0n) is 12.3. The Balaban J connectivity index is 2.99. The summed E-state index contributed by atoms with van der Waals surface area (Å²) in [6, 6.07) is 3.69. The summed E-state index contributed by atoms with van der Waals surface area (Å²) in [5.74, 6) is 1.28. The summed E-state index contributed by atoms with van der Waals surface area (Å²) < 4.78 is 12.2. The smallest absolute Gasteiger partial charge is 0.211 e. The molecule has 0 saturated heterocycles. The van der Waals surface area contributed by atoms with E-state index in [1.165, 1.54) is 0 Å². The second kappa shape index (κ2) is 9.23. The van der Waals surface area contributed by atoms with E-state index in [4.69, 9.17) is 20.9 Å². The van der Waals surface area contributed by atoms with Gasteiger partial charge in [-0.2, -0.15) is 5.10 Å². The lowest BCUT2D eigenvalue weighted by Crippen LogP contribution is -2.21. The van der Waals surface area contributed by atoms with Gasteiger partial charge in [0.25, 0.3) is 0 Å². The highest BCUT2D eigenvalue weighted by atomic mass is 79.9.